The van der Waals surface area contributed by atoms with E-state index in [2.05, 4.69) is 10.6 Å². The van der Waals surface area contributed by atoms with Crippen LogP contribution in [-0.2, 0) is 4.79 Å². The number of aldehydes is 1. The average Bonchev–Trinajstić information content (AvgIpc) is 2.68. The molecule has 2 atom stereocenters. The van der Waals surface area contributed by atoms with Gasteiger partial charge in [0, 0.05) is 6.07 Å². The van der Waals surface area contributed by atoms with E-state index in [-0.39, 0.29) is 23.6 Å². The van der Waals surface area contributed by atoms with Crippen molar-refractivity contribution >= 4 is 23.8 Å². The Morgan fingerprint density at radius 3 is 3.00 bits per heavy atom. The van der Waals surface area contributed by atoms with Crippen LogP contribution in [0.1, 0.15) is 30.8 Å². The Labute approximate surface area is 93.2 Å². The van der Waals surface area contributed by atoms with Gasteiger partial charge in [0.1, 0.15) is 11.7 Å². The molecule has 0 aromatic carbocycles. The van der Waals surface area contributed by atoms with Crippen molar-refractivity contribution in [2.24, 2.45) is 5.92 Å². The summed E-state index contributed by atoms with van der Waals surface area (Å²) in [7, 11) is 0. The van der Waals surface area contributed by atoms with E-state index in [4.69, 9.17) is 4.42 Å². The lowest BCUT2D eigenvalue weighted by Gasteiger charge is -2.27. The van der Waals surface area contributed by atoms with Crippen LogP contribution in [0.25, 0.3) is 0 Å². The van der Waals surface area contributed by atoms with Crippen molar-refractivity contribution in [2.45, 2.75) is 26.3 Å². The molecule has 0 bridgehead atoms. The highest BCUT2D eigenvalue weighted by molar-refractivity contribution is 6.02. The van der Waals surface area contributed by atoms with Crippen LogP contribution in [0.2, 0.25) is 0 Å². The molecule has 86 valence electrons. The zero-order chi connectivity index (χ0) is 11.7. The lowest BCUT2D eigenvalue weighted by molar-refractivity contribution is -0.118. The zero-order valence-electron chi connectivity index (χ0n) is 9.24. The van der Waals surface area contributed by atoms with Gasteiger partial charge in [-0.25, -0.2) is 0 Å². The van der Waals surface area contributed by atoms with Gasteiger partial charge in [0.25, 0.3) is 0 Å². The van der Waals surface area contributed by atoms with Crippen LogP contribution in [0.15, 0.2) is 10.5 Å². The number of furan rings is 1. The fourth-order valence-corrected chi connectivity index (χ4v) is 1.73. The Bertz CT molecular complexity index is 425. The van der Waals surface area contributed by atoms with Gasteiger partial charge in [-0.3, -0.25) is 14.9 Å². The predicted molar refractivity (Wildman–Crippen MR) is 59.6 cm³/mol. The maximum atomic E-state index is 11.7. The maximum absolute atomic E-state index is 11.7. The molecule has 0 fully saturated rings. The van der Waals surface area contributed by atoms with Crippen LogP contribution in [-0.4, -0.2) is 18.2 Å². The third-order valence-electron chi connectivity index (χ3n) is 2.91. The van der Waals surface area contributed by atoms with E-state index in [0.717, 1.165) is 6.42 Å². The first kappa shape index (κ1) is 10.7. The van der Waals surface area contributed by atoms with E-state index in [1.54, 1.807) is 6.07 Å². The fraction of sp³-hybridized carbons (Fsp3) is 0.455. The molecule has 0 saturated heterocycles. The van der Waals surface area contributed by atoms with E-state index in [9.17, 15) is 9.59 Å². The summed E-state index contributed by atoms with van der Waals surface area (Å²) in [6.45, 7) is 4.03. The van der Waals surface area contributed by atoms with Gasteiger partial charge >= 0.3 is 0 Å². The number of amides is 1. The Kier molecular flexibility index (Phi) is 2.68. The number of nitrogens with one attached hydrogen (secondary N) is 2. The number of hydrogen-bond donors (Lipinski definition) is 2. The van der Waals surface area contributed by atoms with E-state index in [1.165, 1.54) is 0 Å². The van der Waals surface area contributed by atoms with Crippen LogP contribution in [0.4, 0.5) is 11.6 Å². The van der Waals surface area contributed by atoms with Gasteiger partial charge < -0.3 is 9.73 Å². The van der Waals surface area contributed by atoms with Crippen LogP contribution < -0.4 is 10.6 Å². The van der Waals surface area contributed by atoms with Crippen LogP contribution in [0.5, 0.6) is 0 Å². The summed E-state index contributed by atoms with van der Waals surface area (Å²) in [5, 5.41) is 5.74. The molecule has 2 rings (SSSR count). The largest absolute Gasteiger partial charge is 0.435 e. The number of rotatable bonds is 3. The lowest BCUT2D eigenvalue weighted by atomic mass is 9.97. The van der Waals surface area contributed by atoms with Gasteiger partial charge in [0.2, 0.25) is 11.8 Å². The standard InChI is InChI=1S/C11H14N2O3/c1-3-6(2)9-10(15)13-11-8(12-9)4-7(5-14)16-11/h4-6,9,12H,3H2,1-2H3,(H,13,15)/t6-,9-/m0/s1. The van der Waals surface area contributed by atoms with Crippen molar-refractivity contribution in [3.05, 3.63) is 11.8 Å². The minimum Gasteiger partial charge on any atom is -0.435 e. The van der Waals surface area contributed by atoms with Crippen molar-refractivity contribution in [1.82, 2.24) is 0 Å². The minimum atomic E-state index is -0.269. The first-order valence-corrected chi connectivity index (χ1v) is 5.32. The summed E-state index contributed by atoms with van der Waals surface area (Å²) >= 11 is 0. The number of anilines is 2. The zero-order valence-corrected chi connectivity index (χ0v) is 9.24. The summed E-state index contributed by atoms with van der Waals surface area (Å²) < 4.78 is 5.12. The molecule has 5 heteroatoms. The maximum Gasteiger partial charge on any atom is 0.249 e. The van der Waals surface area contributed by atoms with Crippen molar-refractivity contribution < 1.29 is 14.0 Å². The van der Waals surface area contributed by atoms with E-state index in [0.29, 0.717) is 17.9 Å². The Hall–Kier alpha value is -1.78. The Balaban J connectivity index is 2.26. The second-order valence-corrected chi connectivity index (χ2v) is 4.01. The molecule has 1 aliphatic rings. The highest BCUT2D eigenvalue weighted by atomic mass is 16.4. The quantitative estimate of drug-likeness (QED) is 0.766. The van der Waals surface area contributed by atoms with Crippen molar-refractivity contribution in [2.75, 3.05) is 10.6 Å². The number of carbonyl (C=O) groups excluding carboxylic acids is 2. The normalized spacial score (nSPS) is 20.6. The second-order valence-electron chi connectivity index (χ2n) is 4.01. The summed E-state index contributed by atoms with van der Waals surface area (Å²) in [5.74, 6) is 0.644. The van der Waals surface area contributed by atoms with Crippen molar-refractivity contribution in [3.63, 3.8) is 0 Å². The fourth-order valence-electron chi connectivity index (χ4n) is 1.73. The molecule has 16 heavy (non-hydrogen) atoms. The Morgan fingerprint density at radius 1 is 1.62 bits per heavy atom. The smallest absolute Gasteiger partial charge is 0.249 e. The number of fused-ring (bicyclic) bond motifs is 1. The highest BCUT2D eigenvalue weighted by Gasteiger charge is 2.31. The first-order valence-electron chi connectivity index (χ1n) is 5.32. The third kappa shape index (κ3) is 1.68. The second kappa shape index (κ2) is 4.00. The third-order valence-corrected chi connectivity index (χ3v) is 2.91. The van der Waals surface area contributed by atoms with Gasteiger partial charge in [0.15, 0.2) is 12.0 Å². The average molecular weight is 222 g/mol. The summed E-state index contributed by atoms with van der Waals surface area (Å²) in [4.78, 5) is 22.3. The van der Waals surface area contributed by atoms with Gasteiger partial charge in [-0.1, -0.05) is 20.3 Å². The molecule has 1 amide bonds. The van der Waals surface area contributed by atoms with E-state index in [1.807, 2.05) is 13.8 Å². The predicted octanol–water partition coefficient (Wildman–Crippen LogP) is 1.87. The summed E-state index contributed by atoms with van der Waals surface area (Å²) in [5.41, 5.74) is 0.673. The van der Waals surface area contributed by atoms with Crippen LogP contribution in [0, 0.1) is 5.92 Å². The lowest BCUT2D eigenvalue weighted by Crippen LogP contribution is -2.42. The van der Waals surface area contributed by atoms with Gasteiger partial charge in [-0.2, -0.15) is 0 Å². The van der Waals surface area contributed by atoms with Gasteiger partial charge in [0.05, 0.1) is 0 Å². The van der Waals surface area contributed by atoms with Crippen LogP contribution >= 0.6 is 0 Å². The SMILES string of the molecule is CC[C@H](C)[C@@H]1Nc2cc(C=O)oc2NC1=O. The Morgan fingerprint density at radius 2 is 2.38 bits per heavy atom. The molecular weight excluding hydrogens is 208 g/mol. The summed E-state index contributed by atoms with van der Waals surface area (Å²) in [6, 6.07) is 1.33. The number of carbonyl (C=O) groups is 2. The molecule has 5 nitrogen and oxygen atoms in total. The van der Waals surface area contributed by atoms with E-state index >= 15 is 0 Å². The van der Waals surface area contributed by atoms with E-state index < -0.39 is 0 Å². The molecule has 0 aliphatic carbocycles. The van der Waals surface area contributed by atoms with Gasteiger partial charge in [-0.05, 0) is 5.92 Å². The highest BCUT2D eigenvalue weighted by Crippen LogP contribution is 2.31. The molecule has 2 N–H and O–H groups in total. The topological polar surface area (TPSA) is 71.3 Å². The molecule has 0 radical (unpaired) electrons. The van der Waals surface area contributed by atoms with Crippen LogP contribution in [0.3, 0.4) is 0 Å². The molecule has 1 aromatic heterocycles. The van der Waals surface area contributed by atoms with Gasteiger partial charge in [-0.15, -0.1) is 0 Å². The molecule has 0 spiro atoms. The molecule has 0 unspecified atom stereocenters. The number of hydrogen-bond acceptors (Lipinski definition) is 4. The monoisotopic (exact) mass is 222 g/mol. The molecule has 1 aliphatic heterocycles. The first-order chi connectivity index (χ1) is 7.65. The molecule has 0 saturated carbocycles. The minimum absolute atomic E-state index is 0.117. The van der Waals surface area contributed by atoms with Crippen molar-refractivity contribution in [3.8, 4) is 0 Å². The summed E-state index contributed by atoms with van der Waals surface area (Å²) in [6.07, 6.45) is 1.52. The molecular formula is C11H14N2O3. The van der Waals surface area contributed by atoms with Crippen molar-refractivity contribution in [1.29, 1.82) is 0 Å². The molecule has 2 heterocycles. The molecule has 1 aromatic rings.